The van der Waals surface area contributed by atoms with Gasteiger partial charge in [-0.1, -0.05) is 18.2 Å². The fraction of sp³-hybridized carbons (Fsp3) is 0.0455. The van der Waals surface area contributed by atoms with Gasteiger partial charge in [0.15, 0.2) is 11.5 Å². The molecule has 0 unspecified atom stereocenters. The molecule has 0 saturated carbocycles. The van der Waals surface area contributed by atoms with E-state index in [1.54, 1.807) is 48.7 Å². The van der Waals surface area contributed by atoms with Crippen molar-refractivity contribution in [3.8, 4) is 17.2 Å². The number of benzene rings is 2. The third kappa shape index (κ3) is 3.35. The standard InChI is InChI=1S/C22H15NO4/c1-14(24)15-8-10-16(11-9-15)27-22(25)18-13-20(21-7-4-12-26-21)23-19-6-3-2-5-17(18)19/h2-13H,1H3. The van der Waals surface area contributed by atoms with Crippen LogP contribution >= 0.6 is 0 Å². The van der Waals surface area contributed by atoms with Gasteiger partial charge in [0, 0.05) is 10.9 Å². The van der Waals surface area contributed by atoms with Crippen molar-refractivity contribution in [2.75, 3.05) is 0 Å². The summed E-state index contributed by atoms with van der Waals surface area (Å²) < 4.78 is 10.9. The summed E-state index contributed by atoms with van der Waals surface area (Å²) in [7, 11) is 0. The SMILES string of the molecule is CC(=O)c1ccc(OC(=O)c2cc(-c3ccco3)nc3ccccc23)cc1. The fourth-order valence-electron chi connectivity index (χ4n) is 2.81. The van der Waals surface area contributed by atoms with Gasteiger partial charge < -0.3 is 9.15 Å². The maximum atomic E-state index is 12.8. The average molecular weight is 357 g/mol. The number of esters is 1. The van der Waals surface area contributed by atoms with Crippen LogP contribution in [0.2, 0.25) is 0 Å². The zero-order chi connectivity index (χ0) is 18.8. The number of nitrogens with zero attached hydrogens (tertiary/aromatic N) is 1. The highest BCUT2D eigenvalue weighted by atomic mass is 16.5. The highest BCUT2D eigenvalue weighted by molar-refractivity contribution is 6.05. The van der Waals surface area contributed by atoms with Crippen LogP contribution in [0.4, 0.5) is 0 Å². The predicted octanol–water partition coefficient (Wildman–Crippen LogP) is 4.92. The number of carbonyl (C=O) groups excluding carboxylic acids is 2. The summed E-state index contributed by atoms with van der Waals surface area (Å²) in [5.41, 5.74) is 2.18. The van der Waals surface area contributed by atoms with Gasteiger partial charge in [0.2, 0.25) is 0 Å². The number of ether oxygens (including phenoxy) is 1. The first-order valence-corrected chi connectivity index (χ1v) is 8.38. The highest BCUT2D eigenvalue weighted by Crippen LogP contribution is 2.26. The number of para-hydroxylation sites is 1. The lowest BCUT2D eigenvalue weighted by Crippen LogP contribution is -2.10. The Morgan fingerprint density at radius 3 is 2.44 bits per heavy atom. The Labute approximate surface area is 155 Å². The van der Waals surface area contributed by atoms with Gasteiger partial charge in [0.25, 0.3) is 0 Å². The molecular weight excluding hydrogens is 342 g/mol. The molecule has 0 amide bonds. The van der Waals surface area contributed by atoms with Crippen LogP contribution in [0.25, 0.3) is 22.4 Å². The van der Waals surface area contributed by atoms with Crippen LogP contribution in [0.15, 0.2) is 77.4 Å². The molecule has 2 aromatic heterocycles. The predicted molar refractivity (Wildman–Crippen MR) is 101 cm³/mol. The van der Waals surface area contributed by atoms with E-state index in [0.29, 0.717) is 39.2 Å². The van der Waals surface area contributed by atoms with Crippen LogP contribution in [0.5, 0.6) is 5.75 Å². The van der Waals surface area contributed by atoms with Crippen LogP contribution in [0.3, 0.4) is 0 Å². The van der Waals surface area contributed by atoms with Crippen molar-refractivity contribution in [2.45, 2.75) is 6.92 Å². The molecule has 0 atom stereocenters. The second kappa shape index (κ2) is 6.88. The Kier molecular flexibility index (Phi) is 4.26. The van der Waals surface area contributed by atoms with Gasteiger partial charge in [-0.3, -0.25) is 4.79 Å². The topological polar surface area (TPSA) is 69.4 Å². The van der Waals surface area contributed by atoms with Crippen molar-refractivity contribution >= 4 is 22.7 Å². The number of hydrogen-bond acceptors (Lipinski definition) is 5. The van der Waals surface area contributed by atoms with Crippen molar-refractivity contribution in [1.29, 1.82) is 0 Å². The normalized spacial score (nSPS) is 10.7. The minimum atomic E-state index is -0.503. The van der Waals surface area contributed by atoms with E-state index in [1.165, 1.54) is 6.92 Å². The quantitative estimate of drug-likeness (QED) is 0.295. The zero-order valence-electron chi connectivity index (χ0n) is 14.5. The molecule has 27 heavy (non-hydrogen) atoms. The van der Waals surface area contributed by atoms with Crippen molar-refractivity contribution in [3.63, 3.8) is 0 Å². The van der Waals surface area contributed by atoms with Crippen molar-refractivity contribution in [3.05, 3.63) is 84.1 Å². The van der Waals surface area contributed by atoms with Gasteiger partial charge in [-0.15, -0.1) is 0 Å². The number of fused-ring (bicyclic) bond motifs is 1. The molecule has 0 radical (unpaired) electrons. The number of aromatic nitrogens is 1. The van der Waals surface area contributed by atoms with E-state index < -0.39 is 5.97 Å². The minimum absolute atomic E-state index is 0.0453. The Hall–Kier alpha value is -3.73. The van der Waals surface area contributed by atoms with Gasteiger partial charge in [-0.25, -0.2) is 9.78 Å². The summed E-state index contributed by atoms with van der Waals surface area (Å²) >= 11 is 0. The van der Waals surface area contributed by atoms with Gasteiger partial charge in [-0.05, 0) is 55.5 Å². The zero-order valence-corrected chi connectivity index (χ0v) is 14.5. The van der Waals surface area contributed by atoms with E-state index in [1.807, 2.05) is 24.3 Å². The van der Waals surface area contributed by atoms with Crippen LogP contribution in [0.1, 0.15) is 27.6 Å². The van der Waals surface area contributed by atoms with Crippen LogP contribution < -0.4 is 4.74 Å². The maximum Gasteiger partial charge on any atom is 0.344 e. The van der Waals surface area contributed by atoms with Gasteiger partial charge in [0.05, 0.1) is 17.3 Å². The maximum absolute atomic E-state index is 12.8. The molecule has 5 nitrogen and oxygen atoms in total. The average Bonchev–Trinajstić information content (AvgIpc) is 3.22. The Morgan fingerprint density at radius 1 is 0.963 bits per heavy atom. The molecule has 0 fully saturated rings. The van der Waals surface area contributed by atoms with E-state index >= 15 is 0 Å². The molecular formula is C22H15NO4. The number of hydrogen-bond donors (Lipinski definition) is 0. The lowest BCUT2D eigenvalue weighted by molar-refractivity contribution is 0.0736. The van der Waals surface area contributed by atoms with Crippen LogP contribution in [0, 0.1) is 0 Å². The number of carbonyl (C=O) groups is 2. The second-order valence-corrected chi connectivity index (χ2v) is 6.02. The molecule has 0 aliphatic carbocycles. The summed E-state index contributed by atoms with van der Waals surface area (Å²) in [6.07, 6.45) is 1.56. The number of furan rings is 1. The van der Waals surface area contributed by atoms with Crippen molar-refractivity contribution in [1.82, 2.24) is 4.98 Å². The summed E-state index contributed by atoms with van der Waals surface area (Å²) in [6, 6.07) is 19.0. The second-order valence-electron chi connectivity index (χ2n) is 6.02. The molecule has 0 bridgehead atoms. The van der Waals surface area contributed by atoms with E-state index in [4.69, 9.17) is 9.15 Å². The molecule has 5 heteroatoms. The number of ketones is 1. The lowest BCUT2D eigenvalue weighted by Gasteiger charge is -2.09. The Bertz CT molecular complexity index is 1130. The monoisotopic (exact) mass is 357 g/mol. The summed E-state index contributed by atoms with van der Waals surface area (Å²) in [4.78, 5) is 28.8. The first kappa shape index (κ1) is 16.7. The number of Topliss-reactive ketones (excluding diaryl/α,β-unsaturated/α-hetero) is 1. The molecule has 2 heterocycles. The Morgan fingerprint density at radius 2 is 1.74 bits per heavy atom. The summed E-state index contributed by atoms with van der Waals surface area (Å²) in [5, 5.41) is 0.693. The lowest BCUT2D eigenvalue weighted by atomic mass is 10.1. The molecule has 0 spiro atoms. The molecule has 0 aliphatic rings. The van der Waals surface area contributed by atoms with E-state index in [2.05, 4.69) is 4.98 Å². The first-order chi connectivity index (χ1) is 13.1. The number of pyridine rings is 1. The van der Waals surface area contributed by atoms with Gasteiger partial charge in [-0.2, -0.15) is 0 Å². The van der Waals surface area contributed by atoms with E-state index in [-0.39, 0.29) is 5.78 Å². The Balaban J connectivity index is 1.73. The molecule has 4 rings (SSSR count). The van der Waals surface area contributed by atoms with E-state index in [0.717, 1.165) is 0 Å². The molecule has 0 aliphatic heterocycles. The smallest absolute Gasteiger partial charge is 0.344 e. The van der Waals surface area contributed by atoms with Crippen molar-refractivity contribution in [2.24, 2.45) is 0 Å². The summed E-state index contributed by atoms with van der Waals surface area (Å²) in [6.45, 7) is 1.49. The molecule has 4 aromatic rings. The highest BCUT2D eigenvalue weighted by Gasteiger charge is 2.17. The van der Waals surface area contributed by atoms with E-state index in [9.17, 15) is 9.59 Å². The first-order valence-electron chi connectivity index (χ1n) is 8.38. The van der Waals surface area contributed by atoms with Gasteiger partial charge >= 0.3 is 5.97 Å². The molecule has 0 N–H and O–H groups in total. The third-order valence-electron chi connectivity index (χ3n) is 4.18. The number of rotatable bonds is 4. The fourth-order valence-corrected chi connectivity index (χ4v) is 2.81. The van der Waals surface area contributed by atoms with Gasteiger partial charge in [0.1, 0.15) is 11.4 Å². The van der Waals surface area contributed by atoms with Crippen molar-refractivity contribution < 1.29 is 18.7 Å². The summed E-state index contributed by atoms with van der Waals surface area (Å²) in [5.74, 6) is 0.388. The minimum Gasteiger partial charge on any atom is -0.463 e. The third-order valence-corrected chi connectivity index (χ3v) is 4.18. The largest absolute Gasteiger partial charge is 0.463 e. The van der Waals surface area contributed by atoms with Crippen LogP contribution in [-0.2, 0) is 0 Å². The molecule has 2 aromatic carbocycles. The van der Waals surface area contributed by atoms with Crippen LogP contribution in [-0.4, -0.2) is 16.7 Å². The molecule has 0 saturated heterocycles. The molecule has 132 valence electrons.